The molecule has 3 heteroatoms. The van der Waals surface area contributed by atoms with E-state index in [4.69, 9.17) is 0 Å². The van der Waals surface area contributed by atoms with Gasteiger partial charge >= 0.3 is 0 Å². The van der Waals surface area contributed by atoms with E-state index in [1.165, 1.54) is 58.3 Å². The Morgan fingerprint density at radius 2 is 2.06 bits per heavy atom. The van der Waals surface area contributed by atoms with Crippen LogP contribution in [0.3, 0.4) is 0 Å². The average molecular weight is 255 g/mol. The van der Waals surface area contributed by atoms with Gasteiger partial charge in [-0.3, -0.25) is 0 Å². The van der Waals surface area contributed by atoms with Gasteiger partial charge in [-0.1, -0.05) is 6.92 Å². The molecule has 1 aliphatic heterocycles. The zero-order chi connectivity index (χ0) is 13.4. The van der Waals surface area contributed by atoms with Crippen molar-refractivity contribution in [3.8, 4) is 0 Å². The summed E-state index contributed by atoms with van der Waals surface area (Å²) in [5, 5.41) is 3.67. The summed E-state index contributed by atoms with van der Waals surface area (Å²) in [6, 6.07) is 1.52. The molecule has 0 aromatic rings. The summed E-state index contributed by atoms with van der Waals surface area (Å²) in [6.45, 7) is 9.62. The van der Waals surface area contributed by atoms with Crippen LogP contribution in [0, 0.1) is 0 Å². The molecule has 0 bridgehead atoms. The third-order valence-electron chi connectivity index (χ3n) is 4.00. The Labute approximate surface area is 114 Å². The van der Waals surface area contributed by atoms with Gasteiger partial charge in [0.05, 0.1) is 0 Å². The molecule has 0 aliphatic carbocycles. The number of nitrogens with zero attached hydrogens (tertiary/aromatic N) is 2. The Hall–Kier alpha value is -0.120. The van der Waals surface area contributed by atoms with E-state index in [1.54, 1.807) is 0 Å². The highest BCUT2D eigenvalue weighted by molar-refractivity contribution is 4.82. The molecule has 0 aromatic carbocycles. The van der Waals surface area contributed by atoms with E-state index in [9.17, 15) is 0 Å². The topological polar surface area (TPSA) is 18.5 Å². The zero-order valence-corrected chi connectivity index (χ0v) is 12.9. The molecular weight excluding hydrogens is 222 g/mol. The smallest absolute Gasteiger partial charge is 0.00940 e. The molecule has 108 valence electrons. The molecule has 1 saturated heterocycles. The molecule has 1 aliphatic rings. The van der Waals surface area contributed by atoms with E-state index >= 15 is 0 Å². The molecule has 2 unspecified atom stereocenters. The van der Waals surface area contributed by atoms with Gasteiger partial charge in [0, 0.05) is 12.1 Å². The van der Waals surface area contributed by atoms with Gasteiger partial charge < -0.3 is 15.1 Å². The van der Waals surface area contributed by atoms with Gasteiger partial charge in [0.25, 0.3) is 0 Å². The molecule has 0 spiro atoms. The Morgan fingerprint density at radius 3 is 2.67 bits per heavy atom. The fraction of sp³-hybridized carbons (Fsp3) is 1.00. The number of likely N-dealkylation sites (tertiary alicyclic amines) is 1. The van der Waals surface area contributed by atoms with E-state index in [-0.39, 0.29) is 0 Å². The highest BCUT2D eigenvalue weighted by Gasteiger charge is 2.24. The first-order chi connectivity index (χ1) is 8.63. The normalized spacial score (nSPS) is 25.8. The number of hydrogen-bond acceptors (Lipinski definition) is 3. The van der Waals surface area contributed by atoms with Crippen LogP contribution in [0.2, 0.25) is 0 Å². The second-order valence-corrected chi connectivity index (χ2v) is 6.07. The molecule has 1 fully saturated rings. The molecule has 1 heterocycles. The quantitative estimate of drug-likeness (QED) is 0.671. The van der Waals surface area contributed by atoms with Crippen LogP contribution >= 0.6 is 0 Å². The van der Waals surface area contributed by atoms with Crippen molar-refractivity contribution < 1.29 is 0 Å². The molecule has 3 nitrogen and oxygen atoms in total. The summed E-state index contributed by atoms with van der Waals surface area (Å²) in [5.41, 5.74) is 0. The predicted molar refractivity (Wildman–Crippen MR) is 80.1 cm³/mol. The first-order valence-electron chi connectivity index (χ1n) is 7.75. The Kier molecular flexibility index (Phi) is 7.87. The fourth-order valence-corrected chi connectivity index (χ4v) is 2.83. The molecule has 1 rings (SSSR count). The fourth-order valence-electron chi connectivity index (χ4n) is 2.83. The molecule has 0 amide bonds. The van der Waals surface area contributed by atoms with Crippen molar-refractivity contribution in [2.24, 2.45) is 0 Å². The summed E-state index contributed by atoms with van der Waals surface area (Å²) in [4.78, 5) is 4.96. The maximum atomic E-state index is 3.67. The minimum absolute atomic E-state index is 0.757. The first-order valence-corrected chi connectivity index (χ1v) is 7.75. The number of piperidine rings is 1. The molecular formula is C15H33N3. The second kappa shape index (κ2) is 8.89. The number of hydrogen-bond donors (Lipinski definition) is 1. The van der Waals surface area contributed by atoms with Gasteiger partial charge in [-0.15, -0.1) is 0 Å². The van der Waals surface area contributed by atoms with E-state index in [0.717, 1.165) is 12.1 Å². The Morgan fingerprint density at radius 1 is 1.28 bits per heavy atom. The number of rotatable bonds is 8. The highest BCUT2D eigenvalue weighted by Crippen LogP contribution is 2.17. The van der Waals surface area contributed by atoms with Crippen LogP contribution in [-0.4, -0.2) is 62.2 Å². The highest BCUT2D eigenvalue weighted by atomic mass is 15.2. The van der Waals surface area contributed by atoms with E-state index in [1.807, 2.05) is 0 Å². The lowest BCUT2D eigenvalue weighted by Crippen LogP contribution is -2.47. The first kappa shape index (κ1) is 15.9. The summed E-state index contributed by atoms with van der Waals surface area (Å²) < 4.78 is 0. The lowest BCUT2D eigenvalue weighted by Gasteiger charge is -2.38. The van der Waals surface area contributed by atoms with Crippen molar-refractivity contribution >= 4 is 0 Å². The summed E-state index contributed by atoms with van der Waals surface area (Å²) in [5.74, 6) is 0. The predicted octanol–water partition coefficient (Wildman–Crippen LogP) is 2.18. The van der Waals surface area contributed by atoms with Crippen LogP contribution in [0.25, 0.3) is 0 Å². The van der Waals surface area contributed by atoms with Crippen LogP contribution in [0.1, 0.15) is 46.0 Å². The Bertz CT molecular complexity index is 206. The van der Waals surface area contributed by atoms with Crippen LogP contribution in [0.5, 0.6) is 0 Å². The standard InChI is InChI=1S/C15H33N3/c1-5-9-16-15-8-12-18(14(2)13-15)11-7-6-10-17(3)4/h14-16H,5-13H2,1-4H3. The third-order valence-corrected chi connectivity index (χ3v) is 4.00. The van der Waals surface area contributed by atoms with Crippen LogP contribution in [0.4, 0.5) is 0 Å². The number of nitrogens with one attached hydrogen (secondary N) is 1. The van der Waals surface area contributed by atoms with Gasteiger partial charge in [0.2, 0.25) is 0 Å². The largest absolute Gasteiger partial charge is 0.314 e. The molecule has 1 N–H and O–H groups in total. The van der Waals surface area contributed by atoms with Gasteiger partial charge in [-0.05, 0) is 79.3 Å². The van der Waals surface area contributed by atoms with Crippen LogP contribution in [-0.2, 0) is 0 Å². The maximum Gasteiger partial charge on any atom is 0.00940 e. The van der Waals surface area contributed by atoms with Gasteiger partial charge in [-0.25, -0.2) is 0 Å². The summed E-state index contributed by atoms with van der Waals surface area (Å²) in [6.07, 6.45) is 6.58. The maximum absolute atomic E-state index is 3.67. The average Bonchev–Trinajstić information content (AvgIpc) is 2.33. The SMILES string of the molecule is CCCNC1CCN(CCCCN(C)C)C(C)C1. The van der Waals surface area contributed by atoms with Crippen molar-refractivity contribution in [2.45, 2.75) is 58.0 Å². The van der Waals surface area contributed by atoms with E-state index < -0.39 is 0 Å². The van der Waals surface area contributed by atoms with Gasteiger partial charge in [-0.2, -0.15) is 0 Å². The Balaban J connectivity index is 2.13. The van der Waals surface area contributed by atoms with E-state index in [2.05, 4.69) is 43.1 Å². The summed E-state index contributed by atoms with van der Waals surface area (Å²) >= 11 is 0. The molecule has 0 saturated carbocycles. The van der Waals surface area contributed by atoms with Gasteiger partial charge in [0.15, 0.2) is 0 Å². The second-order valence-electron chi connectivity index (χ2n) is 6.07. The van der Waals surface area contributed by atoms with Crippen molar-refractivity contribution in [1.82, 2.24) is 15.1 Å². The molecule has 0 radical (unpaired) electrons. The van der Waals surface area contributed by atoms with Crippen LogP contribution < -0.4 is 5.32 Å². The molecule has 18 heavy (non-hydrogen) atoms. The number of unbranched alkanes of at least 4 members (excludes halogenated alkanes) is 1. The minimum atomic E-state index is 0.757. The van der Waals surface area contributed by atoms with E-state index in [0.29, 0.717) is 0 Å². The van der Waals surface area contributed by atoms with Crippen molar-refractivity contribution in [3.05, 3.63) is 0 Å². The van der Waals surface area contributed by atoms with Crippen molar-refractivity contribution in [3.63, 3.8) is 0 Å². The molecule has 2 atom stereocenters. The lowest BCUT2D eigenvalue weighted by atomic mass is 9.98. The molecule has 0 aromatic heterocycles. The third kappa shape index (κ3) is 6.17. The minimum Gasteiger partial charge on any atom is -0.314 e. The van der Waals surface area contributed by atoms with Gasteiger partial charge in [0.1, 0.15) is 0 Å². The van der Waals surface area contributed by atoms with Crippen molar-refractivity contribution in [1.29, 1.82) is 0 Å². The zero-order valence-electron chi connectivity index (χ0n) is 12.9. The monoisotopic (exact) mass is 255 g/mol. The van der Waals surface area contributed by atoms with Crippen molar-refractivity contribution in [2.75, 3.05) is 40.3 Å². The summed E-state index contributed by atoms with van der Waals surface area (Å²) in [7, 11) is 4.32. The lowest BCUT2D eigenvalue weighted by molar-refractivity contribution is 0.133. The van der Waals surface area contributed by atoms with Crippen LogP contribution in [0.15, 0.2) is 0 Å².